The lowest BCUT2D eigenvalue weighted by Crippen LogP contribution is -2.29. The first-order valence-electron chi connectivity index (χ1n) is 14.0. The van der Waals surface area contributed by atoms with Crippen LogP contribution >= 0.6 is 11.6 Å². The summed E-state index contributed by atoms with van der Waals surface area (Å²) in [6, 6.07) is 0. The van der Waals surface area contributed by atoms with E-state index < -0.39 is 0 Å². The van der Waals surface area contributed by atoms with Gasteiger partial charge in [-0.15, -0.1) is 0 Å². The third-order valence-electron chi connectivity index (χ3n) is 5.68. The lowest BCUT2D eigenvalue weighted by molar-refractivity contribution is -0.121. The molecule has 0 saturated heterocycles. The maximum atomic E-state index is 11.6. The fourth-order valence-corrected chi connectivity index (χ4v) is 3.83. The van der Waals surface area contributed by atoms with E-state index in [-0.39, 0.29) is 11.4 Å². The third kappa shape index (κ3) is 34.3. The fourth-order valence-electron chi connectivity index (χ4n) is 3.71. The molecule has 4 heteroatoms. The largest absolute Gasteiger partial charge is 0.340 e. The maximum absolute atomic E-state index is 11.6. The van der Waals surface area contributed by atoms with Crippen molar-refractivity contribution in [3.05, 3.63) is 0 Å². The molecule has 0 spiro atoms. The van der Waals surface area contributed by atoms with Crippen LogP contribution in [0.4, 0.5) is 0 Å². The number of hydrogen-bond acceptors (Lipinski definition) is 2. The Hall–Kier alpha value is -0.280. The van der Waals surface area contributed by atoms with Crippen molar-refractivity contribution in [3.8, 4) is 0 Å². The van der Waals surface area contributed by atoms with Crippen molar-refractivity contribution < 1.29 is 4.79 Å². The topological polar surface area (TPSA) is 32.3 Å². The van der Waals surface area contributed by atoms with Gasteiger partial charge in [-0.2, -0.15) is 0 Å². The predicted octanol–water partition coefficient (Wildman–Crippen LogP) is 9.08. The number of hydrogen-bond donors (Lipinski definition) is 1. The van der Waals surface area contributed by atoms with Crippen molar-refractivity contribution >= 4 is 17.5 Å². The number of nitrogens with one attached hydrogen (secondary N) is 1. The van der Waals surface area contributed by atoms with Crippen LogP contribution in [-0.4, -0.2) is 37.5 Å². The lowest BCUT2D eigenvalue weighted by Gasteiger charge is -2.09. The van der Waals surface area contributed by atoms with Gasteiger partial charge in [-0.1, -0.05) is 141 Å². The average molecular weight is 475 g/mol. The van der Waals surface area contributed by atoms with Crippen molar-refractivity contribution in [2.45, 2.75) is 154 Å². The van der Waals surface area contributed by atoms with Gasteiger partial charge in [0.05, 0.1) is 0 Å². The monoisotopic (exact) mass is 474 g/mol. The van der Waals surface area contributed by atoms with Crippen LogP contribution in [0.25, 0.3) is 0 Å². The zero-order valence-electron chi connectivity index (χ0n) is 22.7. The molecular formula is C28H59ClN2O. The minimum absolute atomic E-state index is 0.105. The molecule has 1 atom stereocenters. The Morgan fingerprint density at radius 2 is 0.906 bits per heavy atom. The normalized spacial score (nSPS) is 11.8. The molecule has 0 aliphatic rings. The van der Waals surface area contributed by atoms with E-state index in [1.165, 1.54) is 116 Å². The highest BCUT2D eigenvalue weighted by Crippen LogP contribution is 2.14. The highest BCUT2D eigenvalue weighted by Gasteiger charge is 2.06. The van der Waals surface area contributed by atoms with Crippen LogP contribution in [0.2, 0.25) is 0 Å². The molecule has 32 heavy (non-hydrogen) atoms. The molecule has 0 bridgehead atoms. The van der Waals surface area contributed by atoms with Crippen LogP contribution in [0.1, 0.15) is 149 Å². The Bertz CT molecular complexity index is 361. The van der Waals surface area contributed by atoms with Gasteiger partial charge in [-0.05, 0) is 34.0 Å². The summed E-state index contributed by atoms with van der Waals surface area (Å²) in [6.07, 6.45) is 27.6. The molecule has 3 nitrogen and oxygen atoms in total. The van der Waals surface area contributed by atoms with Crippen molar-refractivity contribution in [1.82, 2.24) is 10.2 Å². The summed E-state index contributed by atoms with van der Waals surface area (Å²) in [5.41, 5.74) is -0.201. The molecule has 0 rings (SSSR count). The second kappa shape index (κ2) is 28.8. The summed E-state index contributed by atoms with van der Waals surface area (Å²) in [5.74, 6) is 0.105. The minimum Gasteiger partial charge on any atom is -0.340 e. The van der Waals surface area contributed by atoms with E-state index >= 15 is 0 Å². The summed E-state index contributed by atoms with van der Waals surface area (Å²) < 4.78 is 0. The number of unbranched alkanes of at least 4 members (excludes halogenated alkanes) is 18. The highest BCUT2D eigenvalue weighted by molar-refractivity contribution is 6.21. The molecule has 0 aromatic rings. The zero-order valence-corrected chi connectivity index (χ0v) is 23.4. The summed E-state index contributed by atoms with van der Waals surface area (Å²) in [5, 5.41) is 2.81. The number of alkyl halides is 1. The number of nitrogens with zero attached hydrogens (tertiary/aromatic N) is 1. The van der Waals surface area contributed by atoms with E-state index in [1.807, 2.05) is 33.0 Å². The Morgan fingerprint density at radius 3 is 1.19 bits per heavy atom. The number of rotatable bonds is 22. The van der Waals surface area contributed by atoms with Gasteiger partial charge in [0.2, 0.25) is 5.91 Å². The second-order valence-corrected chi connectivity index (χ2v) is 10.4. The van der Waals surface area contributed by atoms with Crippen molar-refractivity contribution in [2.24, 2.45) is 0 Å². The maximum Gasteiger partial charge on any atom is 0.221 e. The minimum atomic E-state index is -0.201. The molecule has 0 aliphatic heterocycles. The van der Waals surface area contributed by atoms with Crippen molar-refractivity contribution in [1.29, 1.82) is 0 Å². The van der Waals surface area contributed by atoms with Crippen molar-refractivity contribution in [3.63, 3.8) is 0 Å². The first kappa shape index (κ1) is 33.9. The highest BCUT2D eigenvalue weighted by atomic mass is 35.5. The number of carbonyl (C=O) groups excluding carboxylic acids is 1. The SMILES string of the molecule is CCCCCCCCCCCCCCCCCCCCCC(=O)NC(Cl)CC.CN(C)C. The summed E-state index contributed by atoms with van der Waals surface area (Å²) >= 11 is 5.92. The number of halogens is 1. The molecule has 194 valence electrons. The second-order valence-electron chi connectivity index (χ2n) is 9.90. The van der Waals surface area contributed by atoms with Gasteiger partial charge in [0.1, 0.15) is 5.50 Å². The fraction of sp³-hybridized carbons (Fsp3) is 0.964. The van der Waals surface area contributed by atoms with E-state index in [0.717, 1.165) is 12.8 Å². The van der Waals surface area contributed by atoms with E-state index in [9.17, 15) is 4.79 Å². The first-order chi connectivity index (χ1) is 15.4. The average Bonchev–Trinajstić information content (AvgIpc) is 2.74. The van der Waals surface area contributed by atoms with Crippen LogP contribution in [-0.2, 0) is 4.79 Å². The molecule has 0 aliphatic carbocycles. The number of amides is 1. The van der Waals surface area contributed by atoms with Crippen LogP contribution in [0.15, 0.2) is 0 Å². The Labute approximate surface area is 207 Å². The van der Waals surface area contributed by atoms with Crippen LogP contribution in [0.5, 0.6) is 0 Å². The molecule has 1 N–H and O–H groups in total. The van der Waals surface area contributed by atoms with E-state index in [0.29, 0.717) is 6.42 Å². The smallest absolute Gasteiger partial charge is 0.221 e. The van der Waals surface area contributed by atoms with Gasteiger partial charge < -0.3 is 10.2 Å². The van der Waals surface area contributed by atoms with Gasteiger partial charge in [0.15, 0.2) is 0 Å². The van der Waals surface area contributed by atoms with Crippen LogP contribution in [0, 0.1) is 0 Å². The molecule has 0 aromatic heterocycles. The van der Waals surface area contributed by atoms with Gasteiger partial charge in [0.25, 0.3) is 0 Å². The van der Waals surface area contributed by atoms with E-state index in [1.54, 1.807) is 0 Å². The molecule has 0 saturated carbocycles. The Kier molecular flexibility index (Phi) is 30.5. The van der Waals surface area contributed by atoms with Crippen molar-refractivity contribution in [2.75, 3.05) is 21.1 Å². The molecule has 0 heterocycles. The van der Waals surface area contributed by atoms with Gasteiger partial charge in [0, 0.05) is 6.42 Å². The summed E-state index contributed by atoms with van der Waals surface area (Å²) in [6.45, 7) is 4.27. The quantitative estimate of drug-likeness (QED) is 0.0963. The standard InChI is InChI=1S/C25H50ClNO.C3H9N/c1-3-5-6-7-8-9-10-11-12-13-14-15-16-17-18-19-20-21-22-23-25(28)27-24(26)4-2;1-4(2)3/h24H,3-23H2,1-2H3,(H,27,28);1-3H3. The van der Waals surface area contributed by atoms with Gasteiger partial charge >= 0.3 is 0 Å². The third-order valence-corrected chi connectivity index (χ3v) is 6.10. The summed E-state index contributed by atoms with van der Waals surface area (Å²) in [4.78, 5) is 13.6. The van der Waals surface area contributed by atoms with E-state index in [4.69, 9.17) is 11.6 Å². The number of carbonyl (C=O) groups is 1. The Balaban J connectivity index is 0. The van der Waals surface area contributed by atoms with E-state index in [2.05, 4.69) is 12.2 Å². The molecule has 1 amide bonds. The van der Waals surface area contributed by atoms with Crippen LogP contribution in [0.3, 0.4) is 0 Å². The zero-order chi connectivity index (χ0) is 24.3. The molecule has 0 aromatic carbocycles. The van der Waals surface area contributed by atoms with Crippen LogP contribution < -0.4 is 5.32 Å². The summed E-state index contributed by atoms with van der Waals surface area (Å²) in [7, 11) is 6.00. The lowest BCUT2D eigenvalue weighted by atomic mass is 10.0. The predicted molar refractivity (Wildman–Crippen MR) is 146 cm³/mol. The van der Waals surface area contributed by atoms with Gasteiger partial charge in [-0.3, -0.25) is 4.79 Å². The van der Waals surface area contributed by atoms with Gasteiger partial charge in [-0.25, -0.2) is 0 Å². The molecule has 1 unspecified atom stereocenters. The first-order valence-corrected chi connectivity index (χ1v) is 14.4. The Morgan fingerprint density at radius 1 is 0.625 bits per heavy atom. The molecule has 0 fully saturated rings. The molecule has 0 radical (unpaired) electrons. The molecular weight excluding hydrogens is 416 g/mol.